The first-order valence-corrected chi connectivity index (χ1v) is 5.63. The third-order valence-corrected chi connectivity index (χ3v) is 2.54. The van der Waals surface area contributed by atoms with Crippen molar-refractivity contribution >= 4 is 17.7 Å². The second-order valence-corrected chi connectivity index (χ2v) is 4.22. The fraction of sp³-hybridized carbons (Fsp3) is 0.364. The van der Waals surface area contributed by atoms with Gasteiger partial charge in [0.1, 0.15) is 6.04 Å². The lowest BCUT2D eigenvalue weighted by molar-refractivity contribution is -0.138. The highest BCUT2D eigenvalue weighted by molar-refractivity contribution is 5.93. The maximum absolute atomic E-state index is 11.8. The number of carbonyl (C=O) groups is 2. The van der Waals surface area contributed by atoms with Crippen LogP contribution in [0.3, 0.4) is 0 Å². The molecule has 19 heavy (non-hydrogen) atoms. The summed E-state index contributed by atoms with van der Waals surface area (Å²) in [7, 11) is 0. The van der Waals surface area contributed by atoms with Crippen molar-refractivity contribution in [2.45, 2.75) is 26.8 Å². The van der Waals surface area contributed by atoms with Crippen molar-refractivity contribution < 1.29 is 14.7 Å². The molecule has 0 aromatic carbocycles. The first kappa shape index (κ1) is 12.9. The van der Waals surface area contributed by atoms with Crippen LogP contribution >= 0.6 is 0 Å². The minimum atomic E-state index is -1.12. The van der Waals surface area contributed by atoms with Crippen LogP contribution in [-0.2, 0) is 4.79 Å². The Bertz CT molecular complexity index is 664. The number of rotatable bonds is 3. The van der Waals surface area contributed by atoms with E-state index in [4.69, 9.17) is 5.11 Å². The molecule has 0 saturated heterocycles. The number of aromatic nitrogens is 4. The van der Waals surface area contributed by atoms with Gasteiger partial charge in [-0.25, -0.2) is 9.50 Å². The topological polar surface area (TPSA) is 109 Å². The van der Waals surface area contributed by atoms with E-state index in [-0.39, 0.29) is 5.82 Å². The molecule has 0 aliphatic rings. The van der Waals surface area contributed by atoms with Crippen molar-refractivity contribution in [2.24, 2.45) is 0 Å². The van der Waals surface area contributed by atoms with E-state index in [9.17, 15) is 9.59 Å². The lowest BCUT2D eigenvalue weighted by Crippen LogP contribution is -2.38. The van der Waals surface area contributed by atoms with Crippen LogP contribution in [0.5, 0.6) is 0 Å². The number of carboxylic acid groups (broad SMARTS) is 1. The van der Waals surface area contributed by atoms with Crippen molar-refractivity contribution in [3.05, 3.63) is 23.3 Å². The van der Waals surface area contributed by atoms with Crippen molar-refractivity contribution in [1.29, 1.82) is 0 Å². The number of carbonyl (C=O) groups excluding carboxylic acids is 1. The summed E-state index contributed by atoms with van der Waals surface area (Å²) in [6.45, 7) is 5.00. The van der Waals surface area contributed by atoms with Crippen LogP contribution in [-0.4, -0.2) is 42.6 Å². The van der Waals surface area contributed by atoms with Crippen LogP contribution in [0, 0.1) is 13.8 Å². The highest BCUT2D eigenvalue weighted by atomic mass is 16.4. The standard InChI is InChI=1S/C11H13N5O3/c1-5-4-6(2)16-11(12-5)14-8(15-16)9(17)13-7(3)10(18)19/h4,7H,1-3H3,(H,13,17)(H,18,19)/t7-/m0/s1. The van der Waals surface area contributed by atoms with E-state index in [0.717, 1.165) is 11.4 Å². The van der Waals surface area contributed by atoms with Crippen molar-refractivity contribution in [3.63, 3.8) is 0 Å². The molecule has 1 atom stereocenters. The summed E-state index contributed by atoms with van der Waals surface area (Å²) in [4.78, 5) is 30.6. The molecular weight excluding hydrogens is 250 g/mol. The van der Waals surface area contributed by atoms with E-state index in [1.54, 1.807) is 0 Å². The molecule has 100 valence electrons. The van der Waals surface area contributed by atoms with Gasteiger partial charge in [0, 0.05) is 11.4 Å². The van der Waals surface area contributed by atoms with Gasteiger partial charge in [0.25, 0.3) is 11.7 Å². The predicted molar refractivity (Wildman–Crippen MR) is 64.8 cm³/mol. The highest BCUT2D eigenvalue weighted by Crippen LogP contribution is 2.05. The third kappa shape index (κ3) is 2.51. The van der Waals surface area contributed by atoms with Gasteiger partial charge in [-0.2, -0.15) is 4.98 Å². The number of hydrogen-bond donors (Lipinski definition) is 2. The normalized spacial score (nSPS) is 12.4. The van der Waals surface area contributed by atoms with Gasteiger partial charge >= 0.3 is 5.97 Å². The van der Waals surface area contributed by atoms with Crippen molar-refractivity contribution in [3.8, 4) is 0 Å². The molecule has 2 aromatic rings. The Labute approximate surface area is 108 Å². The molecule has 0 bridgehead atoms. The van der Waals surface area contributed by atoms with Crippen molar-refractivity contribution in [1.82, 2.24) is 24.9 Å². The zero-order chi connectivity index (χ0) is 14.2. The SMILES string of the molecule is Cc1cc(C)n2nc(C(=O)N[C@@H](C)C(=O)O)nc2n1. The number of carboxylic acids is 1. The Kier molecular flexibility index (Phi) is 3.16. The zero-order valence-corrected chi connectivity index (χ0v) is 10.7. The molecule has 2 N–H and O–H groups in total. The Morgan fingerprint density at radius 1 is 1.37 bits per heavy atom. The summed E-state index contributed by atoms with van der Waals surface area (Å²) in [5.74, 6) is -1.56. The van der Waals surface area contributed by atoms with E-state index in [0.29, 0.717) is 5.78 Å². The number of hydrogen-bond acceptors (Lipinski definition) is 5. The lowest BCUT2D eigenvalue weighted by atomic mass is 10.3. The van der Waals surface area contributed by atoms with Gasteiger partial charge in [-0.05, 0) is 26.8 Å². The van der Waals surface area contributed by atoms with Gasteiger partial charge in [0.05, 0.1) is 0 Å². The number of nitrogens with one attached hydrogen (secondary N) is 1. The Balaban J connectivity index is 2.33. The van der Waals surface area contributed by atoms with Gasteiger partial charge in [-0.3, -0.25) is 9.59 Å². The molecule has 0 aliphatic carbocycles. The molecule has 0 unspecified atom stereocenters. The molecule has 0 aliphatic heterocycles. The van der Waals surface area contributed by atoms with Crippen molar-refractivity contribution in [2.75, 3.05) is 0 Å². The smallest absolute Gasteiger partial charge is 0.325 e. The number of amides is 1. The fourth-order valence-electron chi connectivity index (χ4n) is 1.59. The molecule has 8 nitrogen and oxygen atoms in total. The molecule has 0 fully saturated rings. The summed E-state index contributed by atoms with van der Waals surface area (Å²) in [6, 6.07) is 0.804. The lowest BCUT2D eigenvalue weighted by Gasteiger charge is -2.05. The van der Waals surface area contributed by atoms with Gasteiger partial charge in [0.2, 0.25) is 5.82 Å². The zero-order valence-electron chi connectivity index (χ0n) is 10.7. The van der Waals surface area contributed by atoms with E-state index in [1.165, 1.54) is 11.4 Å². The largest absolute Gasteiger partial charge is 0.480 e. The molecular formula is C11H13N5O3. The number of nitrogens with zero attached hydrogens (tertiary/aromatic N) is 4. The van der Waals surface area contributed by atoms with Crippen LogP contribution in [0.15, 0.2) is 6.07 Å². The summed E-state index contributed by atoms with van der Waals surface area (Å²) >= 11 is 0. The molecule has 2 aromatic heterocycles. The van der Waals surface area contributed by atoms with Gasteiger partial charge in [0.15, 0.2) is 0 Å². The van der Waals surface area contributed by atoms with Gasteiger partial charge in [-0.15, -0.1) is 5.10 Å². The minimum Gasteiger partial charge on any atom is -0.480 e. The molecule has 8 heteroatoms. The number of fused-ring (bicyclic) bond motifs is 1. The van der Waals surface area contributed by atoms with E-state index in [1.807, 2.05) is 19.9 Å². The van der Waals surface area contributed by atoms with Crippen LogP contribution in [0.25, 0.3) is 5.78 Å². The summed E-state index contributed by atoms with van der Waals surface area (Å²) in [5, 5.41) is 15.0. The van der Waals surface area contributed by atoms with Crippen LogP contribution in [0.2, 0.25) is 0 Å². The first-order valence-electron chi connectivity index (χ1n) is 5.63. The average Bonchev–Trinajstić information content (AvgIpc) is 2.72. The van der Waals surface area contributed by atoms with Crippen LogP contribution < -0.4 is 5.32 Å². The number of aliphatic carboxylic acids is 1. The average molecular weight is 263 g/mol. The molecule has 0 saturated carbocycles. The Morgan fingerprint density at radius 2 is 2.05 bits per heavy atom. The second-order valence-electron chi connectivity index (χ2n) is 4.22. The summed E-state index contributed by atoms with van der Waals surface area (Å²) in [5.41, 5.74) is 1.56. The molecule has 2 rings (SSSR count). The molecule has 1 amide bonds. The van der Waals surface area contributed by atoms with E-state index < -0.39 is 17.9 Å². The third-order valence-electron chi connectivity index (χ3n) is 2.54. The number of aryl methyl sites for hydroxylation is 2. The second kappa shape index (κ2) is 4.63. The van der Waals surface area contributed by atoms with E-state index in [2.05, 4.69) is 20.4 Å². The first-order chi connectivity index (χ1) is 8.88. The molecule has 0 spiro atoms. The van der Waals surface area contributed by atoms with Gasteiger partial charge in [-0.1, -0.05) is 0 Å². The maximum atomic E-state index is 11.8. The van der Waals surface area contributed by atoms with Gasteiger partial charge < -0.3 is 10.4 Å². The molecule has 2 heterocycles. The monoisotopic (exact) mass is 263 g/mol. The van der Waals surface area contributed by atoms with E-state index >= 15 is 0 Å². The quantitative estimate of drug-likeness (QED) is 0.803. The summed E-state index contributed by atoms with van der Waals surface area (Å²) in [6.07, 6.45) is 0. The highest BCUT2D eigenvalue weighted by Gasteiger charge is 2.19. The molecule has 0 radical (unpaired) electrons. The predicted octanol–water partition coefficient (Wildman–Crippen LogP) is -0.0560. The summed E-state index contributed by atoms with van der Waals surface area (Å²) < 4.78 is 1.44. The van der Waals surface area contributed by atoms with Crippen LogP contribution in [0.4, 0.5) is 0 Å². The Morgan fingerprint density at radius 3 is 2.68 bits per heavy atom. The maximum Gasteiger partial charge on any atom is 0.325 e. The minimum absolute atomic E-state index is 0.103. The van der Waals surface area contributed by atoms with Crippen LogP contribution in [0.1, 0.15) is 28.9 Å². The Hall–Kier alpha value is -2.51. The fourth-order valence-corrected chi connectivity index (χ4v) is 1.59.